The molecule has 0 unspecified atom stereocenters. The van der Waals surface area contributed by atoms with Gasteiger partial charge in [-0.05, 0) is 31.5 Å². The third-order valence-electron chi connectivity index (χ3n) is 3.31. The maximum absolute atomic E-state index is 13.1. The Bertz CT molecular complexity index is 669. The average molecular weight is 310 g/mol. The van der Waals surface area contributed by atoms with E-state index in [1.54, 1.807) is 35.7 Å². The number of carbonyl (C=O) groups is 1. The molecule has 0 fully saturated rings. The molecule has 2 rings (SSSR count). The molecule has 4 nitrogen and oxygen atoms in total. The van der Waals surface area contributed by atoms with Gasteiger partial charge >= 0.3 is 0 Å². The lowest BCUT2D eigenvalue weighted by molar-refractivity contribution is -0.131. The SMILES string of the molecule is Cc1nn(CC(=O)N(C)Cc2cccc(F)c2)c(C)c1Cl. The summed E-state index contributed by atoms with van der Waals surface area (Å²) in [5.41, 5.74) is 2.22. The Morgan fingerprint density at radius 3 is 2.71 bits per heavy atom. The van der Waals surface area contributed by atoms with E-state index >= 15 is 0 Å². The number of rotatable bonds is 4. The smallest absolute Gasteiger partial charge is 0.244 e. The zero-order valence-corrected chi connectivity index (χ0v) is 13.0. The number of benzene rings is 1. The monoisotopic (exact) mass is 309 g/mol. The lowest BCUT2D eigenvalue weighted by atomic mass is 10.2. The first-order chi connectivity index (χ1) is 9.88. The number of aryl methyl sites for hydroxylation is 1. The van der Waals surface area contributed by atoms with Crippen molar-refractivity contribution in [1.29, 1.82) is 0 Å². The molecule has 0 saturated carbocycles. The molecule has 1 heterocycles. The molecule has 0 radical (unpaired) electrons. The van der Waals surface area contributed by atoms with Crippen molar-refractivity contribution >= 4 is 17.5 Å². The van der Waals surface area contributed by atoms with Crippen molar-refractivity contribution < 1.29 is 9.18 Å². The molecule has 1 amide bonds. The molecule has 112 valence electrons. The maximum atomic E-state index is 13.1. The van der Waals surface area contributed by atoms with Gasteiger partial charge in [-0.2, -0.15) is 5.10 Å². The second kappa shape index (κ2) is 6.26. The van der Waals surface area contributed by atoms with Gasteiger partial charge in [0.2, 0.25) is 5.91 Å². The van der Waals surface area contributed by atoms with E-state index in [1.807, 2.05) is 6.92 Å². The van der Waals surface area contributed by atoms with Crippen LogP contribution in [0.3, 0.4) is 0 Å². The van der Waals surface area contributed by atoms with Crippen LogP contribution in [0, 0.1) is 19.7 Å². The number of carbonyl (C=O) groups excluding carboxylic acids is 1. The molecule has 2 aromatic rings. The van der Waals surface area contributed by atoms with Crippen LogP contribution in [0.2, 0.25) is 5.02 Å². The summed E-state index contributed by atoms with van der Waals surface area (Å²) < 4.78 is 14.7. The summed E-state index contributed by atoms with van der Waals surface area (Å²) in [5.74, 6) is -0.416. The minimum Gasteiger partial charge on any atom is -0.340 e. The van der Waals surface area contributed by atoms with E-state index in [9.17, 15) is 9.18 Å². The van der Waals surface area contributed by atoms with Gasteiger partial charge < -0.3 is 4.90 Å². The quantitative estimate of drug-likeness (QED) is 0.871. The molecule has 0 spiro atoms. The Balaban J connectivity index is 2.04. The van der Waals surface area contributed by atoms with Gasteiger partial charge in [-0.3, -0.25) is 9.48 Å². The predicted octanol–water partition coefficient (Wildman–Crippen LogP) is 2.95. The second-order valence-corrected chi connectivity index (χ2v) is 5.40. The molecule has 0 aliphatic carbocycles. The van der Waals surface area contributed by atoms with E-state index in [4.69, 9.17) is 11.6 Å². The van der Waals surface area contributed by atoms with Crippen LogP contribution in [0.4, 0.5) is 4.39 Å². The summed E-state index contributed by atoms with van der Waals surface area (Å²) in [4.78, 5) is 13.7. The fourth-order valence-corrected chi connectivity index (χ4v) is 2.21. The van der Waals surface area contributed by atoms with Gasteiger partial charge in [0, 0.05) is 13.6 Å². The first-order valence-corrected chi connectivity index (χ1v) is 6.94. The molecule has 0 atom stereocenters. The number of halogens is 2. The fourth-order valence-electron chi connectivity index (χ4n) is 2.08. The van der Waals surface area contributed by atoms with Crippen LogP contribution in [0.1, 0.15) is 17.0 Å². The number of hydrogen-bond acceptors (Lipinski definition) is 2. The summed E-state index contributed by atoms with van der Waals surface area (Å²) in [6, 6.07) is 6.21. The van der Waals surface area contributed by atoms with Crippen molar-refractivity contribution in [2.45, 2.75) is 26.9 Å². The second-order valence-electron chi connectivity index (χ2n) is 5.02. The summed E-state index contributed by atoms with van der Waals surface area (Å²) >= 11 is 6.06. The highest BCUT2D eigenvalue weighted by molar-refractivity contribution is 6.31. The minimum atomic E-state index is -0.307. The van der Waals surface area contributed by atoms with E-state index in [0.29, 0.717) is 17.3 Å². The normalized spacial score (nSPS) is 10.7. The van der Waals surface area contributed by atoms with Gasteiger partial charge in [0.05, 0.1) is 16.4 Å². The lowest BCUT2D eigenvalue weighted by Crippen LogP contribution is -2.30. The summed E-state index contributed by atoms with van der Waals surface area (Å²) in [7, 11) is 1.68. The third-order valence-corrected chi connectivity index (χ3v) is 3.86. The Morgan fingerprint density at radius 2 is 2.14 bits per heavy atom. The van der Waals surface area contributed by atoms with Crippen molar-refractivity contribution in [3.63, 3.8) is 0 Å². The molecule has 0 aliphatic rings. The van der Waals surface area contributed by atoms with Crippen LogP contribution in [0.15, 0.2) is 24.3 Å². The Labute approximate surface area is 128 Å². The Kier molecular flexibility index (Phi) is 4.63. The van der Waals surface area contributed by atoms with Crippen molar-refractivity contribution in [2.75, 3.05) is 7.05 Å². The topological polar surface area (TPSA) is 38.1 Å². The van der Waals surface area contributed by atoms with Gasteiger partial charge in [-0.15, -0.1) is 0 Å². The first kappa shape index (κ1) is 15.5. The van der Waals surface area contributed by atoms with E-state index in [2.05, 4.69) is 5.10 Å². The highest BCUT2D eigenvalue weighted by Crippen LogP contribution is 2.19. The molecule has 1 aromatic carbocycles. The lowest BCUT2D eigenvalue weighted by Gasteiger charge is -2.17. The first-order valence-electron chi connectivity index (χ1n) is 6.56. The minimum absolute atomic E-state index is 0.110. The molecule has 0 saturated heterocycles. The number of likely N-dealkylation sites (N-methyl/N-ethyl adjacent to an activating group) is 1. The van der Waals surface area contributed by atoms with Crippen molar-refractivity contribution in [2.24, 2.45) is 0 Å². The van der Waals surface area contributed by atoms with Gasteiger partial charge in [-0.1, -0.05) is 23.7 Å². The standard InChI is InChI=1S/C15H17ClFN3O/c1-10-15(16)11(2)20(18-10)9-14(21)19(3)8-12-5-4-6-13(17)7-12/h4-7H,8-9H2,1-3H3. The third kappa shape index (κ3) is 3.61. The van der Waals surface area contributed by atoms with E-state index in [1.165, 1.54) is 12.1 Å². The number of aromatic nitrogens is 2. The fraction of sp³-hybridized carbons (Fsp3) is 0.333. The highest BCUT2D eigenvalue weighted by Gasteiger charge is 2.15. The summed E-state index contributed by atoms with van der Waals surface area (Å²) in [6.07, 6.45) is 0. The van der Waals surface area contributed by atoms with Crippen LogP contribution in [-0.2, 0) is 17.9 Å². The van der Waals surface area contributed by atoms with Crippen LogP contribution < -0.4 is 0 Å². The van der Waals surface area contributed by atoms with Gasteiger partial charge in [0.1, 0.15) is 12.4 Å². The molecule has 0 N–H and O–H groups in total. The van der Waals surface area contributed by atoms with Crippen LogP contribution >= 0.6 is 11.6 Å². The molecule has 0 aliphatic heterocycles. The number of nitrogens with zero attached hydrogens (tertiary/aromatic N) is 3. The number of hydrogen-bond donors (Lipinski definition) is 0. The van der Waals surface area contributed by atoms with Crippen LogP contribution in [0.25, 0.3) is 0 Å². The summed E-state index contributed by atoms with van der Waals surface area (Å²) in [5, 5.41) is 4.81. The van der Waals surface area contributed by atoms with Gasteiger partial charge in [0.15, 0.2) is 0 Å². The molecule has 6 heteroatoms. The molecule has 21 heavy (non-hydrogen) atoms. The highest BCUT2D eigenvalue weighted by atomic mass is 35.5. The predicted molar refractivity (Wildman–Crippen MR) is 79.6 cm³/mol. The molecular weight excluding hydrogens is 293 g/mol. The Morgan fingerprint density at radius 1 is 1.43 bits per heavy atom. The average Bonchev–Trinajstić information content (AvgIpc) is 2.66. The largest absolute Gasteiger partial charge is 0.340 e. The molecule has 0 bridgehead atoms. The van der Waals surface area contributed by atoms with Gasteiger partial charge in [0.25, 0.3) is 0 Å². The van der Waals surface area contributed by atoms with Crippen LogP contribution in [0.5, 0.6) is 0 Å². The van der Waals surface area contributed by atoms with E-state index in [-0.39, 0.29) is 18.3 Å². The van der Waals surface area contributed by atoms with Crippen molar-refractivity contribution in [3.8, 4) is 0 Å². The zero-order chi connectivity index (χ0) is 15.6. The van der Waals surface area contributed by atoms with Gasteiger partial charge in [-0.25, -0.2) is 4.39 Å². The number of amides is 1. The Hall–Kier alpha value is -1.88. The molecular formula is C15H17ClFN3O. The molecule has 1 aromatic heterocycles. The zero-order valence-electron chi connectivity index (χ0n) is 12.2. The van der Waals surface area contributed by atoms with E-state index < -0.39 is 0 Å². The van der Waals surface area contributed by atoms with Crippen LogP contribution in [-0.4, -0.2) is 27.6 Å². The van der Waals surface area contributed by atoms with E-state index in [0.717, 1.165) is 11.3 Å². The van der Waals surface area contributed by atoms with Crippen molar-refractivity contribution in [1.82, 2.24) is 14.7 Å². The van der Waals surface area contributed by atoms with Crippen molar-refractivity contribution in [3.05, 3.63) is 52.1 Å². The maximum Gasteiger partial charge on any atom is 0.244 e. The summed E-state index contributed by atoms with van der Waals surface area (Å²) in [6.45, 7) is 4.09.